The van der Waals surface area contributed by atoms with Crippen molar-refractivity contribution in [3.8, 4) is 0 Å². The highest BCUT2D eigenvalue weighted by atomic mass is 19.4. The van der Waals surface area contributed by atoms with Gasteiger partial charge >= 0.3 is 12.4 Å². The topological polar surface area (TPSA) is 29.1 Å². The van der Waals surface area contributed by atoms with Crippen molar-refractivity contribution < 1.29 is 31.1 Å². The van der Waals surface area contributed by atoms with E-state index in [9.17, 15) is 31.1 Å². The van der Waals surface area contributed by atoms with Crippen LogP contribution in [-0.4, -0.2) is 5.91 Å². The largest absolute Gasteiger partial charge is 0.416 e. The first-order valence-corrected chi connectivity index (χ1v) is 6.69. The number of hydrogen-bond donors (Lipinski definition) is 1. The number of benzene rings is 2. The summed E-state index contributed by atoms with van der Waals surface area (Å²) >= 11 is 0. The molecule has 0 aliphatic carbocycles. The van der Waals surface area contributed by atoms with Gasteiger partial charge in [-0.3, -0.25) is 4.79 Å². The molecule has 0 heterocycles. The molecular weight excluding hydrogens is 336 g/mol. The van der Waals surface area contributed by atoms with E-state index in [0.717, 1.165) is 0 Å². The van der Waals surface area contributed by atoms with Crippen LogP contribution in [0.15, 0.2) is 48.5 Å². The van der Waals surface area contributed by atoms with Gasteiger partial charge in [0.05, 0.1) is 11.1 Å². The molecule has 0 atom stereocenters. The smallest absolute Gasteiger partial charge is 0.348 e. The molecule has 1 amide bonds. The van der Waals surface area contributed by atoms with Crippen LogP contribution in [0.1, 0.15) is 27.0 Å². The molecule has 2 aromatic rings. The van der Waals surface area contributed by atoms with E-state index in [4.69, 9.17) is 0 Å². The Morgan fingerprint density at radius 2 is 1.33 bits per heavy atom. The quantitative estimate of drug-likeness (QED) is 0.805. The molecule has 0 radical (unpaired) electrons. The van der Waals surface area contributed by atoms with Crippen molar-refractivity contribution in [2.24, 2.45) is 0 Å². The second-order valence-corrected chi connectivity index (χ2v) is 4.96. The van der Waals surface area contributed by atoms with Crippen LogP contribution in [0.25, 0.3) is 0 Å². The number of carbonyl (C=O) groups excluding carboxylic acids is 1. The Morgan fingerprint density at radius 1 is 0.833 bits per heavy atom. The Kier molecular flexibility index (Phi) is 4.86. The second kappa shape index (κ2) is 6.54. The van der Waals surface area contributed by atoms with Crippen LogP contribution in [0.4, 0.5) is 26.3 Å². The van der Waals surface area contributed by atoms with E-state index < -0.39 is 35.0 Å². The van der Waals surface area contributed by atoms with Gasteiger partial charge in [0.1, 0.15) is 0 Å². The van der Waals surface area contributed by atoms with Crippen LogP contribution in [0.2, 0.25) is 0 Å². The molecule has 8 heteroatoms. The first-order chi connectivity index (χ1) is 11.1. The molecule has 0 aliphatic heterocycles. The van der Waals surface area contributed by atoms with Crippen LogP contribution in [0, 0.1) is 0 Å². The van der Waals surface area contributed by atoms with Gasteiger partial charge in [0, 0.05) is 12.1 Å². The third-order valence-corrected chi connectivity index (χ3v) is 3.15. The molecule has 0 spiro atoms. The first-order valence-electron chi connectivity index (χ1n) is 6.69. The minimum atomic E-state index is -4.99. The molecule has 0 bridgehead atoms. The van der Waals surface area contributed by atoms with Crippen LogP contribution < -0.4 is 5.32 Å². The fraction of sp³-hybridized carbons (Fsp3) is 0.188. The maximum atomic E-state index is 12.8. The molecule has 24 heavy (non-hydrogen) atoms. The van der Waals surface area contributed by atoms with Gasteiger partial charge < -0.3 is 5.32 Å². The molecule has 128 valence electrons. The summed E-state index contributed by atoms with van der Waals surface area (Å²) in [7, 11) is 0. The summed E-state index contributed by atoms with van der Waals surface area (Å²) in [6.45, 7) is -0.0166. The van der Waals surface area contributed by atoms with Gasteiger partial charge in [-0.1, -0.05) is 30.3 Å². The van der Waals surface area contributed by atoms with E-state index in [-0.39, 0.29) is 12.6 Å². The van der Waals surface area contributed by atoms with Crippen LogP contribution in [0.5, 0.6) is 0 Å². The zero-order chi connectivity index (χ0) is 18.0. The zero-order valence-corrected chi connectivity index (χ0v) is 12.0. The van der Waals surface area contributed by atoms with E-state index >= 15 is 0 Å². The molecule has 0 aliphatic rings. The molecule has 0 aromatic heterocycles. The highest BCUT2D eigenvalue weighted by Crippen LogP contribution is 2.36. The summed E-state index contributed by atoms with van der Waals surface area (Å²) in [4.78, 5) is 11.9. The van der Waals surface area contributed by atoms with E-state index in [1.807, 2.05) is 0 Å². The third-order valence-electron chi connectivity index (χ3n) is 3.15. The average Bonchev–Trinajstić information content (AvgIpc) is 2.51. The van der Waals surface area contributed by atoms with Gasteiger partial charge in [0.2, 0.25) is 0 Å². The summed E-state index contributed by atoms with van der Waals surface area (Å²) in [5.41, 5.74) is -3.09. The highest BCUT2D eigenvalue weighted by Gasteiger charge is 2.37. The van der Waals surface area contributed by atoms with Crippen molar-refractivity contribution in [3.05, 3.63) is 70.8 Å². The summed E-state index contributed by atoms with van der Waals surface area (Å²) in [5.74, 6) is -1.02. The Morgan fingerprint density at radius 3 is 1.79 bits per heavy atom. The van der Waals surface area contributed by atoms with Gasteiger partial charge in [0.15, 0.2) is 0 Å². The van der Waals surface area contributed by atoms with Crippen molar-refractivity contribution in [2.45, 2.75) is 18.9 Å². The SMILES string of the molecule is O=C(NCc1ccccc1)c1cc(C(F)(F)F)cc(C(F)(F)F)c1. The van der Waals surface area contributed by atoms with Gasteiger partial charge in [-0.2, -0.15) is 26.3 Å². The maximum Gasteiger partial charge on any atom is 0.416 e. The lowest BCUT2D eigenvalue weighted by Gasteiger charge is -2.14. The van der Waals surface area contributed by atoms with Crippen molar-refractivity contribution in [1.82, 2.24) is 5.32 Å². The molecule has 1 N–H and O–H groups in total. The van der Waals surface area contributed by atoms with E-state index in [0.29, 0.717) is 17.7 Å². The molecular formula is C16H11F6NO. The summed E-state index contributed by atoms with van der Waals surface area (Å²) in [5, 5.41) is 2.30. The molecule has 2 rings (SSSR count). The monoisotopic (exact) mass is 347 g/mol. The molecule has 2 nitrogen and oxygen atoms in total. The zero-order valence-electron chi connectivity index (χ0n) is 12.0. The lowest BCUT2D eigenvalue weighted by atomic mass is 10.0. The molecule has 2 aromatic carbocycles. The maximum absolute atomic E-state index is 12.8. The Hall–Kier alpha value is -2.51. The van der Waals surface area contributed by atoms with E-state index in [1.54, 1.807) is 30.3 Å². The Bertz CT molecular complexity index is 689. The number of hydrogen-bond acceptors (Lipinski definition) is 1. The molecule has 0 saturated heterocycles. The second-order valence-electron chi connectivity index (χ2n) is 4.96. The van der Waals surface area contributed by atoms with Crippen molar-refractivity contribution >= 4 is 5.91 Å². The number of alkyl halides is 6. The average molecular weight is 347 g/mol. The normalized spacial score (nSPS) is 12.1. The number of carbonyl (C=O) groups is 1. The standard InChI is InChI=1S/C16H11F6NO/c17-15(18,19)12-6-11(7-13(8-12)16(20,21)22)14(24)23-9-10-4-2-1-3-5-10/h1-8H,9H2,(H,23,24). The van der Waals surface area contributed by atoms with Crippen LogP contribution in [0.3, 0.4) is 0 Å². The van der Waals surface area contributed by atoms with Crippen LogP contribution >= 0.6 is 0 Å². The lowest BCUT2D eigenvalue weighted by Crippen LogP contribution is -2.24. The predicted octanol–water partition coefficient (Wildman–Crippen LogP) is 4.65. The first kappa shape index (κ1) is 17.8. The minimum Gasteiger partial charge on any atom is -0.348 e. The third kappa shape index (κ3) is 4.50. The molecule has 0 unspecified atom stereocenters. The van der Waals surface area contributed by atoms with E-state index in [1.165, 1.54) is 0 Å². The fourth-order valence-corrected chi connectivity index (χ4v) is 1.97. The fourth-order valence-electron chi connectivity index (χ4n) is 1.97. The van der Waals surface area contributed by atoms with E-state index in [2.05, 4.69) is 5.32 Å². The van der Waals surface area contributed by atoms with Crippen molar-refractivity contribution in [1.29, 1.82) is 0 Å². The molecule has 0 fully saturated rings. The van der Waals surface area contributed by atoms with Crippen molar-refractivity contribution in [3.63, 3.8) is 0 Å². The van der Waals surface area contributed by atoms with Gasteiger partial charge in [-0.05, 0) is 23.8 Å². The summed E-state index contributed by atoms with van der Waals surface area (Å²) in [6.07, 6.45) is -9.98. The number of nitrogens with one attached hydrogen (secondary N) is 1. The van der Waals surface area contributed by atoms with Gasteiger partial charge in [-0.15, -0.1) is 0 Å². The van der Waals surface area contributed by atoms with Crippen molar-refractivity contribution in [2.75, 3.05) is 0 Å². The summed E-state index contributed by atoms with van der Waals surface area (Å²) in [6, 6.07) is 9.20. The molecule has 0 saturated carbocycles. The lowest BCUT2D eigenvalue weighted by molar-refractivity contribution is -0.143. The number of halogens is 6. The van der Waals surface area contributed by atoms with Gasteiger partial charge in [0.25, 0.3) is 5.91 Å². The van der Waals surface area contributed by atoms with Crippen LogP contribution in [-0.2, 0) is 18.9 Å². The number of rotatable bonds is 3. The Labute approximate surface area is 133 Å². The highest BCUT2D eigenvalue weighted by molar-refractivity contribution is 5.94. The van der Waals surface area contributed by atoms with Gasteiger partial charge in [-0.25, -0.2) is 0 Å². The summed E-state index contributed by atoms with van der Waals surface area (Å²) < 4.78 is 76.5. The predicted molar refractivity (Wildman–Crippen MR) is 74.1 cm³/mol. The number of amides is 1. The minimum absolute atomic E-state index is 0.0166. The Balaban J connectivity index is 2.29.